The predicted molar refractivity (Wildman–Crippen MR) is 106 cm³/mol. The SMILES string of the molecule is O=C(c1cccnc1)N1CCC(CNc2nccc3nc(C(F)(F)F)ccc23)CC1. The Kier molecular flexibility index (Phi) is 5.52. The molecule has 0 unspecified atom stereocenters. The number of nitrogens with zero attached hydrogens (tertiary/aromatic N) is 4. The van der Waals surface area contributed by atoms with E-state index >= 15 is 0 Å². The third-order valence-electron chi connectivity index (χ3n) is 5.27. The lowest BCUT2D eigenvalue weighted by molar-refractivity contribution is -0.140. The van der Waals surface area contributed by atoms with E-state index in [0.29, 0.717) is 42.3 Å². The Labute approximate surface area is 171 Å². The number of nitrogens with one attached hydrogen (secondary N) is 1. The molecule has 156 valence electrons. The number of likely N-dealkylation sites (tertiary alicyclic amines) is 1. The Morgan fingerprint density at radius 3 is 2.63 bits per heavy atom. The third kappa shape index (κ3) is 4.34. The quantitative estimate of drug-likeness (QED) is 0.697. The second-order valence-corrected chi connectivity index (χ2v) is 7.28. The van der Waals surface area contributed by atoms with Gasteiger partial charge in [-0.15, -0.1) is 0 Å². The first-order valence-corrected chi connectivity index (χ1v) is 9.68. The fourth-order valence-corrected chi connectivity index (χ4v) is 3.61. The molecule has 0 aromatic carbocycles. The highest BCUT2D eigenvalue weighted by atomic mass is 19.4. The van der Waals surface area contributed by atoms with Crippen molar-refractivity contribution in [2.45, 2.75) is 19.0 Å². The highest BCUT2D eigenvalue weighted by Crippen LogP contribution is 2.30. The molecule has 0 saturated carbocycles. The molecular weight excluding hydrogens is 395 g/mol. The van der Waals surface area contributed by atoms with Gasteiger partial charge in [-0.05, 0) is 49.1 Å². The Hall–Kier alpha value is -3.23. The van der Waals surface area contributed by atoms with Gasteiger partial charge < -0.3 is 10.2 Å². The minimum Gasteiger partial charge on any atom is -0.369 e. The van der Waals surface area contributed by atoms with E-state index in [1.54, 1.807) is 24.5 Å². The summed E-state index contributed by atoms with van der Waals surface area (Å²) < 4.78 is 38.6. The zero-order chi connectivity index (χ0) is 21.1. The number of anilines is 1. The Bertz CT molecular complexity index is 1030. The maximum absolute atomic E-state index is 12.9. The molecule has 6 nitrogen and oxygen atoms in total. The summed E-state index contributed by atoms with van der Waals surface area (Å²) in [4.78, 5) is 26.3. The van der Waals surface area contributed by atoms with Gasteiger partial charge in [0.05, 0.1) is 11.1 Å². The van der Waals surface area contributed by atoms with Gasteiger partial charge in [-0.2, -0.15) is 13.2 Å². The van der Waals surface area contributed by atoms with Crippen LogP contribution < -0.4 is 5.32 Å². The van der Waals surface area contributed by atoms with E-state index in [2.05, 4.69) is 20.3 Å². The van der Waals surface area contributed by atoms with Crippen LogP contribution in [0.5, 0.6) is 0 Å². The van der Waals surface area contributed by atoms with Crippen molar-refractivity contribution in [1.82, 2.24) is 19.9 Å². The van der Waals surface area contributed by atoms with E-state index in [4.69, 9.17) is 0 Å². The fraction of sp³-hybridized carbons (Fsp3) is 0.333. The van der Waals surface area contributed by atoms with Crippen LogP contribution in [-0.4, -0.2) is 45.4 Å². The second-order valence-electron chi connectivity index (χ2n) is 7.28. The number of halogens is 3. The first kappa shape index (κ1) is 20.1. The van der Waals surface area contributed by atoms with Crippen LogP contribution in [0.1, 0.15) is 28.9 Å². The zero-order valence-corrected chi connectivity index (χ0v) is 16.1. The molecule has 0 aliphatic carbocycles. The number of aromatic nitrogens is 3. The van der Waals surface area contributed by atoms with Crippen LogP contribution in [0.15, 0.2) is 48.9 Å². The van der Waals surface area contributed by atoms with Gasteiger partial charge in [0.2, 0.25) is 0 Å². The van der Waals surface area contributed by atoms with Gasteiger partial charge >= 0.3 is 6.18 Å². The lowest BCUT2D eigenvalue weighted by Crippen LogP contribution is -2.40. The molecule has 1 amide bonds. The van der Waals surface area contributed by atoms with E-state index in [1.165, 1.54) is 18.3 Å². The average Bonchev–Trinajstić information content (AvgIpc) is 2.77. The molecular formula is C21H20F3N5O. The van der Waals surface area contributed by atoms with Crippen LogP contribution in [0.3, 0.4) is 0 Å². The van der Waals surface area contributed by atoms with Gasteiger partial charge in [0.15, 0.2) is 0 Å². The number of hydrogen-bond acceptors (Lipinski definition) is 5. The van der Waals surface area contributed by atoms with Crippen molar-refractivity contribution in [3.63, 3.8) is 0 Å². The fourth-order valence-electron chi connectivity index (χ4n) is 3.61. The molecule has 1 aliphatic rings. The van der Waals surface area contributed by atoms with E-state index in [-0.39, 0.29) is 11.4 Å². The van der Waals surface area contributed by atoms with Crippen molar-refractivity contribution >= 4 is 22.6 Å². The molecule has 1 aliphatic heterocycles. The summed E-state index contributed by atoms with van der Waals surface area (Å²) >= 11 is 0. The van der Waals surface area contributed by atoms with Crippen molar-refractivity contribution in [2.75, 3.05) is 25.0 Å². The normalized spacial score (nSPS) is 15.4. The van der Waals surface area contributed by atoms with Gasteiger partial charge in [-0.3, -0.25) is 9.78 Å². The van der Waals surface area contributed by atoms with Crippen LogP contribution in [0.25, 0.3) is 10.9 Å². The molecule has 9 heteroatoms. The van der Waals surface area contributed by atoms with Crippen LogP contribution in [-0.2, 0) is 6.18 Å². The topological polar surface area (TPSA) is 71.0 Å². The number of pyridine rings is 3. The van der Waals surface area contributed by atoms with E-state index in [9.17, 15) is 18.0 Å². The first-order chi connectivity index (χ1) is 14.4. The van der Waals surface area contributed by atoms with Crippen LogP contribution >= 0.6 is 0 Å². The molecule has 0 atom stereocenters. The van der Waals surface area contributed by atoms with E-state index in [0.717, 1.165) is 18.9 Å². The van der Waals surface area contributed by atoms with E-state index < -0.39 is 11.9 Å². The lowest BCUT2D eigenvalue weighted by atomic mass is 9.96. The summed E-state index contributed by atoms with van der Waals surface area (Å²) in [6.45, 7) is 1.93. The molecule has 0 bridgehead atoms. The molecule has 0 radical (unpaired) electrons. The minimum absolute atomic E-state index is 0.0169. The van der Waals surface area contributed by atoms with E-state index in [1.807, 2.05) is 4.90 Å². The number of fused-ring (bicyclic) bond motifs is 1. The molecule has 30 heavy (non-hydrogen) atoms. The van der Waals surface area contributed by atoms with Crippen molar-refractivity contribution in [1.29, 1.82) is 0 Å². The first-order valence-electron chi connectivity index (χ1n) is 9.68. The predicted octanol–water partition coefficient (Wildman–Crippen LogP) is 4.01. The minimum atomic E-state index is -4.48. The number of rotatable bonds is 4. The van der Waals surface area contributed by atoms with Crippen LogP contribution in [0.4, 0.5) is 19.0 Å². The van der Waals surface area contributed by atoms with Gasteiger partial charge in [-0.1, -0.05) is 0 Å². The lowest BCUT2D eigenvalue weighted by Gasteiger charge is -2.32. The van der Waals surface area contributed by atoms with Gasteiger partial charge in [0.1, 0.15) is 11.5 Å². The Morgan fingerprint density at radius 1 is 1.13 bits per heavy atom. The van der Waals surface area contributed by atoms with Gasteiger partial charge in [-0.25, -0.2) is 9.97 Å². The molecule has 1 saturated heterocycles. The van der Waals surface area contributed by atoms with Crippen LogP contribution in [0.2, 0.25) is 0 Å². The number of carbonyl (C=O) groups excluding carboxylic acids is 1. The maximum Gasteiger partial charge on any atom is 0.433 e. The zero-order valence-electron chi connectivity index (χ0n) is 16.1. The summed E-state index contributed by atoms with van der Waals surface area (Å²) in [7, 11) is 0. The van der Waals surface area contributed by atoms with Gasteiger partial charge in [0.25, 0.3) is 5.91 Å². The largest absolute Gasteiger partial charge is 0.433 e. The number of amides is 1. The molecule has 3 aromatic heterocycles. The number of piperidine rings is 1. The number of hydrogen-bond donors (Lipinski definition) is 1. The molecule has 4 rings (SSSR count). The van der Waals surface area contributed by atoms with Gasteiger partial charge in [0, 0.05) is 43.6 Å². The summed E-state index contributed by atoms with van der Waals surface area (Å²) in [5.41, 5.74) is -0.0863. The summed E-state index contributed by atoms with van der Waals surface area (Å²) in [5, 5.41) is 3.80. The monoisotopic (exact) mass is 415 g/mol. The number of carbonyl (C=O) groups is 1. The average molecular weight is 415 g/mol. The summed E-state index contributed by atoms with van der Waals surface area (Å²) in [6.07, 6.45) is 1.84. The second kappa shape index (κ2) is 8.25. The number of alkyl halides is 3. The highest BCUT2D eigenvalue weighted by molar-refractivity contribution is 5.94. The molecule has 1 fully saturated rings. The van der Waals surface area contributed by atoms with Crippen molar-refractivity contribution in [3.8, 4) is 0 Å². The molecule has 4 heterocycles. The smallest absolute Gasteiger partial charge is 0.369 e. The molecule has 3 aromatic rings. The molecule has 0 spiro atoms. The highest BCUT2D eigenvalue weighted by Gasteiger charge is 2.32. The standard InChI is InChI=1S/C21H20F3N5O/c22-21(23,24)18-4-3-16-17(28-18)5-9-26-19(16)27-12-14-6-10-29(11-7-14)20(30)15-2-1-8-25-13-15/h1-5,8-9,13-14H,6-7,10-12H2,(H,26,27). The van der Waals surface area contributed by atoms with Crippen molar-refractivity contribution in [3.05, 3.63) is 60.2 Å². The Balaban J connectivity index is 1.37. The van der Waals surface area contributed by atoms with Crippen LogP contribution in [0, 0.1) is 5.92 Å². The van der Waals surface area contributed by atoms with Crippen molar-refractivity contribution < 1.29 is 18.0 Å². The molecule has 1 N–H and O–H groups in total. The summed E-state index contributed by atoms with van der Waals surface area (Å²) in [5.74, 6) is 0.835. The third-order valence-corrected chi connectivity index (χ3v) is 5.27. The van der Waals surface area contributed by atoms with Crippen molar-refractivity contribution in [2.24, 2.45) is 5.92 Å². The summed E-state index contributed by atoms with van der Waals surface area (Å²) in [6, 6.07) is 7.34. The maximum atomic E-state index is 12.9. The Morgan fingerprint density at radius 2 is 1.93 bits per heavy atom.